The highest BCUT2D eigenvalue weighted by Crippen LogP contribution is 2.23. The fourth-order valence-corrected chi connectivity index (χ4v) is 2.56. The molecule has 2 heterocycles. The van der Waals surface area contributed by atoms with Crippen molar-refractivity contribution in [3.05, 3.63) is 15.9 Å². The Labute approximate surface area is 115 Å². The molecule has 1 aliphatic heterocycles. The van der Waals surface area contributed by atoms with E-state index in [-0.39, 0.29) is 6.03 Å². The predicted molar refractivity (Wildman–Crippen MR) is 71.7 cm³/mol. The number of halogens is 1. The van der Waals surface area contributed by atoms with Gasteiger partial charge in [0, 0.05) is 19.6 Å². The second-order valence-electron chi connectivity index (χ2n) is 4.41. The van der Waals surface area contributed by atoms with E-state index in [1.807, 2.05) is 18.5 Å². The number of carbonyl (C=O) groups excluding carboxylic acids is 1. The first kappa shape index (κ1) is 13.4. The standard InChI is InChI=1S/C11H18BrN5O/c1-3-17-9(10(12)8(2)14-17)7-15-5-4-6-16(13)11(15)18/h3-7,13H2,1-2H3. The van der Waals surface area contributed by atoms with E-state index in [4.69, 9.17) is 5.84 Å². The molecule has 1 saturated heterocycles. The minimum atomic E-state index is -0.116. The van der Waals surface area contributed by atoms with Crippen molar-refractivity contribution in [2.75, 3.05) is 13.1 Å². The topological polar surface area (TPSA) is 67.4 Å². The molecule has 0 aliphatic carbocycles. The van der Waals surface area contributed by atoms with Crippen LogP contribution in [0.25, 0.3) is 0 Å². The number of carbonyl (C=O) groups is 1. The maximum Gasteiger partial charge on any atom is 0.334 e. The van der Waals surface area contributed by atoms with E-state index < -0.39 is 0 Å². The van der Waals surface area contributed by atoms with E-state index in [9.17, 15) is 4.79 Å². The molecule has 0 spiro atoms. The van der Waals surface area contributed by atoms with Gasteiger partial charge < -0.3 is 4.90 Å². The van der Waals surface area contributed by atoms with Gasteiger partial charge in [0.05, 0.1) is 22.4 Å². The molecule has 0 unspecified atom stereocenters. The number of aromatic nitrogens is 2. The molecule has 2 N–H and O–H groups in total. The average molecular weight is 316 g/mol. The van der Waals surface area contributed by atoms with Gasteiger partial charge in [-0.05, 0) is 36.2 Å². The fourth-order valence-electron chi connectivity index (χ4n) is 2.15. The molecule has 18 heavy (non-hydrogen) atoms. The molecule has 6 nitrogen and oxygen atoms in total. The van der Waals surface area contributed by atoms with Crippen molar-refractivity contribution >= 4 is 22.0 Å². The Morgan fingerprint density at radius 2 is 2.17 bits per heavy atom. The molecule has 1 aliphatic rings. The van der Waals surface area contributed by atoms with Crippen LogP contribution < -0.4 is 5.84 Å². The van der Waals surface area contributed by atoms with Crippen LogP contribution in [0.2, 0.25) is 0 Å². The normalized spacial score (nSPS) is 16.6. The zero-order valence-electron chi connectivity index (χ0n) is 10.7. The highest BCUT2D eigenvalue weighted by Gasteiger charge is 2.25. The molecule has 1 fully saturated rings. The van der Waals surface area contributed by atoms with Gasteiger partial charge in [-0.3, -0.25) is 9.69 Å². The molecule has 0 aromatic carbocycles. The third-order valence-corrected chi connectivity index (χ3v) is 4.17. The van der Waals surface area contributed by atoms with Crippen LogP contribution in [0.3, 0.4) is 0 Å². The summed E-state index contributed by atoms with van der Waals surface area (Å²) in [5.74, 6) is 5.64. The van der Waals surface area contributed by atoms with Gasteiger partial charge >= 0.3 is 6.03 Å². The molecule has 0 saturated carbocycles. The van der Waals surface area contributed by atoms with Gasteiger partial charge in [-0.25, -0.2) is 10.6 Å². The summed E-state index contributed by atoms with van der Waals surface area (Å²) < 4.78 is 2.90. The van der Waals surface area contributed by atoms with Gasteiger partial charge in [0.25, 0.3) is 0 Å². The number of hydrogen-bond acceptors (Lipinski definition) is 3. The second kappa shape index (κ2) is 5.27. The number of nitrogens with zero attached hydrogens (tertiary/aromatic N) is 4. The summed E-state index contributed by atoms with van der Waals surface area (Å²) in [7, 11) is 0. The molecular formula is C11H18BrN5O. The summed E-state index contributed by atoms with van der Waals surface area (Å²) in [6.45, 7) is 6.69. The van der Waals surface area contributed by atoms with Gasteiger partial charge in [0.2, 0.25) is 0 Å². The number of hydrogen-bond donors (Lipinski definition) is 1. The summed E-state index contributed by atoms with van der Waals surface area (Å²) >= 11 is 3.54. The lowest BCUT2D eigenvalue weighted by Crippen LogP contribution is -2.52. The molecular weight excluding hydrogens is 298 g/mol. The Morgan fingerprint density at radius 3 is 2.83 bits per heavy atom. The van der Waals surface area contributed by atoms with Gasteiger partial charge in [-0.15, -0.1) is 0 Å². The van der Waals surface area contributed by atoms with Crippen LogP contribution in [0, 0.1) is 6.92 Å². The van der Waals surface area contributed by atoms with Crippen LogP contribution in [-0.2, 0) is 13.1 Å². The Kier molecular flexibility index (Phi) is 3.91. The Morgan fingerprint density at radius 1 is 1.44 bits per heavy atom. The van der Waals surface area contributed by atoms with Gasteiger partial charge in [-0.2, -0.15) is 5.10 Å². The van der Waals surface area contributed by atoms with Gasteiger partial charge in [0.1, 0.15) is 0 Å². The SMILES string of the molecule is CCn1nc(C)c(Br)c1CN1CCCN(N)C1=O. The first-order chi connectivity index (χ1) is 8.54. The number of aryl methyl sites for hydroxylation is 2. The van der Waals surface area contributed by atoms with Crippen molar-refractivity contribution in [2.45, 2.75) is 33.4 Å². The number of hydrazine groups is 1. The van der Waals surface area contributed by atoms with Gasteiger partial charge in [0.15, 0.2) is 0 Å². The summed E-state index contributed by atoms with van der Waals surface area (Å²) in [6.07, 6.45) is 0.902. The monoisotopic (exact) mass is 315 g/mol. The van der Waals surface area contributed by atoms with Crippen molar-refractivity contribution in [3.63, 3.8) is 0 Å². The van der Waals surface area contributed by atoms with Crippen molar-refractivity contribution in [1.82, 2.24) is 19.7 Å². The first-order valence-corrected chi connectivity index (χ1v) is 6.86. The maximum absolute atomic E-state index is 11.9. The molecule has 0 radical (unpaired) electrons. The third kappa shape index (κ3) is 2.37. The van der Waals surface area contributed by atoms with E-state index in [1.54, 1.807) is 4.90 Å². The minimum absolute atomic E-state index is 0.116. The molecule has 0 atom stereocenters. The third-order valence-electron chi connectivity index (χ3n) is 3.14. The summed E-state index contributed by atoms with van der Waals surface area (Å²) in [5.41, 5.74) is 1.97. The maximum atomic E-state index is 11.9. The molecule has 1 aromatic rings. The van der Waals surface area contributed by atoms with E-state index >= 15 is 0 Å². The highest BCUT2D eigenvalue weighted by atomic mass is 79.9. The second-order valence-corrected chi connectivity index (χ2v) is 5.21. The zero-order chi connectivity index (χ0) is 13.3. The average Bonchev–Trinajstić information content (AvgIpc) is 2.62. The number of urea groups is 1. The molecule has 2 amide bonds. The quantitative estimate of drug-likeness (QED) is 0.678. The van der Waals surface area contributed by atoms with E-state index in [1.165, 1.54) is 5.01 Å². The van der Waals surface area contributed by atoms with Crippen molar-refractivity contribution in [2.24, 2.45) is 5.84 Å². The van der Waals surface area contributed by atoms with Crippen LogP contribution in [0.4, 0.5) is 4.79 Å². The molecule has 7 heteroatoms. The Hall–Kier alpha value is -1.08. The van der Waals surface area contributed by atoms with Crippen molar-refractivity contribution < 1.29 is 4.79 Å². The Bertz CT molecular complexity index is 459. The van der Waals surface area contributed by atoms with E-state index in [0.29, 0.717) is 13.1 Å². The molecule has 1 aromatic heterocycles. The zero-order valence-corrected chi connectivity index (χ0v) is 12.3. The number of nitrogens with two attached hydrogens (primary N) is 1. The van der Waals surface area contributed by atoms with Crippen LogP contribution >= 0.6 is 15.9 Å². The lowest BCUT2D eigenvalue weighted by molar-refractivity contribution is 0.125. The minimum Gasteiger partial charge on any atom is -0.318 e. The number of rotatable bonds is 3. The van der Waals surface area contributed by atoms with E-state index in [2.05, 4.69) is 21.0 Å². The van der Waals surface area contributed by atoms with Crippen molar-refractivity contribution in [1.29, 1.82) is 0 Å². The lowest BCUT2D eigenvalue weighted by atomic mass is 10.3. The predicted octanol–water partition coefficient (Wildman–Crippen LogP) is 1.48. The summed E-state index contributed by atoms with van der Waals surface area (Å²) in [5, 5.41) is 5.70. The summed E-state index contributed by atoms with van der Waals surface area (Å²) in [4.78, 5) is 13.7. The van der Waals surface area contributed by atoms with Crippen LogP contribution in [-0.4, -0.2) is 38.8 Å². The Balaban J connectivity index is 2.20. The van der Waals surface area contributed by atoms with Gasteiger partial charge in [-0.1, -0.05) is 0 Å². The fraction of sp³-hybridized carbons (Fsp3) is 0.636. The largest absolute Gasteiger partial charge is 0.334 e. The highest BCUT2D eigenvalue weighted by molar-refractivity contribution is 9.10. The van der Waals surface area contributed by atoms with E-state index in [0.717, 1.165) is 35.4 Å². The lowest BCUT2D eigenvalue weighted by Gasteiger charge is -2.32. The van der Waals surface area contributed by atoms with Crippen LogP contribution in [0.1, 0.15) is 24.7 Å². The smallest absolute Gasteiger partial charge is 0.318 e. The van der Waals surface area contributed by atoms with Crippen molar-refractivity contribution in [3.8, 4) is 0 Å². The molecule has 2 rings (SSSR count). The molecule has 100 valence electrons. The summed E-state index contributed by atoms with van der Waals surface area (Å²) in [6, 6.07) is -0.116. The number of amides is 2. The van der Waals surface area contributed by atoms with Crippen LogP contribution in [0.15, 0.2) is 4.47 Å². The molecule has 0 bridgehead atoms. The van der Waals surface area contributed by atoms with Crippen LogP contribution in [0.5, 0.6) is 0 Å². The first-order valence-electron chi connectivity index (χ1n) is 6.07.